The average molecular weight is 413 g/mol. The van der Waals surface area contributed by atoms with Gasteiger partial charge in [0, 0.05) is 34.8 Å². The molecule has 0 aliphatic heterocycles. The predicted molar refractivity (Wildman–Crippen MR) is 120 cm³/mol. The molecule has 31 heavy (non-hydrogen) atoms. The van der Waals surface area contributed by atoms with Crippen LogP contribution in [-0.2, 0) is 12.8 Å². The summed E-state index contributed by atoms with van der Waals surface area (Å²) in [4.78, 5) is 9.52. The third kappa shape index (κ3) is 3.95. The third-order valence-corrected chi connectivity index (χ3v) is 5.30. The number of ether oxygens (including phenoxy) is 3. The van der Waals surface area contributed by atoms with Crippen LogP contribution in [0.15, 0.2) is 48.7 Å². The molecular formula is C25H23N3O3. The summed E-state index contributed by atoms with van der Waals surface area (Å²) in [5, 5.41) is 11.9. The summed E-state index contributed by atoms with van der Waals surface area (Å²) in [6.07, 6.45) is 3.34. The van der Waals surface area contributed by atoms with Crippen molar-refractivity contribution in [2.24, 2.45) is 0 Å². The SMILES string of the molecule is CCc1ncc(Cc2ccc3cccc(OCC#N)c3n2)c2cc(OC)c(OC)cc12. The fraction of sp³-hybridized carbons (Fsp3) is 0.240. The van der Waals surface area contributed by atoms with E-state index in [1.807, 2.05) is 54.7 Å². The molecule has 156 valence electrons. The van der Waals surface area contributed by atoms with Crippen LogP contribution in [0.2, 0.25) is 0 Å². The maximum absolute atomic E-state index is 8.85. The van der Waals surface area contributed by atoms with Gasteiger partial charge in [0.1, 0.15) is 17.3 Å². The lowest BCUT2D eigenvalue weighted by atomic mass is 9.99. The summed E-state index contributed by atoms with van der Waals surface area (Å²) in [6, 6.07) is 15.8. The molecule has 0 atom stereocenters. The Balaban J connectivity index is 1.81. The minimum atomic E-state index is -0.0142. The van der Waals surface area contributed by atoms with E-state index in [2.05, 4.69) is 11.9 Å². The van der Waals surface area contributed by atoms with Gasteiger partial charge in [-0.05, 0) is 41.6 Å². The summed E-state index contributed by atoms with van der Waals surface area (Å²) >= 11 is 0. The fourth-order valence-electron chi connectivity index (χ4n) is 3.78. The molecule has 0 saturated heterocycles. The molecule has 2 aromatic carbocycles. The molecular weight excluding hydrogens is 390 g/mol. The number of hydrogen-bond acceptors (Lipinski definition) is 6. The Morgan fingerprint density at radius 3 is 2.45 bits per heavy atom. The van der Waals surface area contributed by atoms with Gasteiger partial charge in [0.05, 0.1) is 14.2 Å². The van der Waals surface area contributed by atoms with E-state index in [4.69, 9.17) is 24.5 Å². The molecule has 4 rings (SSSR count). The molecule has 0 spiro atoms. The lowest BCUT2D eigenvalue weighted by Crippen LogP contribution is -2.01. The topological polar surface area (TPSA) is 77.3 Å². The number of fused-ring (bicyclic) bond motifs is 2. The van der Waals surface area contributed by atoms with Gasteiger partial charge in [0.15, 0.2) is 18.1 Å². The van der Waals surface area contributed by atoms with E-state index >= 15 is 0 Å². The Kier molecular flexibility index (Phi) is 5.85. The van der Waals surface area contributed by atoms with E-state index < -0.39 is 0 Å². The van der Waals surface area contributed by atoms with Gasteiger partial charge < -0.3 is 14.2 Å². The maximum atomic E-state index is 8.85. The molecule has 0 unspecified atom stereocenters. The number of para-hydroxylation sites is 1. The van der Waals surface area contributed by atoms with Crippen molar-refractivity contribution in [2.45, 2.75) is 19.8 Å². The lowest BCUT2D eigenvalue weighted by Gasteiger charge is -2.14. The summed E-state index contributed by atoms with van der Waals surface area (Å²) < 4.78 is 16.6. The van der Waals surface area contributed by atoms with Crippen molar-refractivity contribution >= 4 is 21.7 Å². The molecule has 2 aromatic heterocycles. The molecule has 0 radical (unpaired) electrons. The van der Waals surface area contributed by atoms with E-state index in [1.165, 1.54) is 0 Å². The first-order valence-electron chi connectivity index (χ1n) is 10.1. The monoisotopic (exact) mass is 413 g/mol. The highest BCUT2D eigenvalue weighted by atomic mass is 16.5. The van der Waals surface area contributed by atoms with E-state index in [1.54, 1.807) is 14.2 Å². The van der Waals surface area contributed by atoms with Gasteiger partial charge in [-0.1, -0.05) is 25.1 Å². The molecule has 2 heterocycles. The van der Waals surface area contributed by atoms with Gasteiger partial charge in [0.2, 0.25) is 0 Å². The number of methoxy groups -OCH3 is 2. The van der Waals surface area contributed by atoms with Gasteiger partial charge in [-0.2, -0.15) is 5.26 Å². The summed E-state index contributed by atoms with van der Waals surface area (Å²) in [5.41, 5.74) is 3.70. The predicted octanol–water partition coefficient (Wildman–Crippen LogP) is 4.86. The number of benzene rings is 2. The molecule has 6 heteroatoms. The Bertz CT molecular complexity index is 1290. The first-order valence-corrected chi connectivity index (χ1v) is 10.1. The minimum Gasteiger partial charge on any atom is -0.493 e. The van der Waals surface area contributed by atoms with Crippen LogP contribution in [0, 0.1) is 11.3 Å². The van der Waals surface area contributed by atoms with Crippen LogP contribution in [0.25, 0.3) is 21.7 Å². The Hall–Kier alpha value is -3.85. The minimum absolute atomic E-state index is 0.0142. The van der Waals surface area contributed by atoms with E-state index in [9.17, 15) is 0 Å². The van der Waals surface area contributed by atoms with Crippen molar-refractivity contribution in [1.82, 2.24) is 9.97 Å². The zero-order valence-corrected chi connectivity index (χ0v) is 17.8. The van der Waals surface area contributed by atoms with Gasteiger partial charge in [-0.15, -0.1) is 0 Å². The number of aromatic nitrogens is 2. The Labute approximate surface area is 181 Å². The highest BCUT2D eigenvalue weighted by Gasteiger charge is 2.14. The third-order valence-electron chi connectivity index (χ3n) is 5.30. The smallest absolute Gasteiger partial charge is 0.174 e. The van der Waals surface area contributed by atoms with Crippen LogP contribution < -0.4 is 14.2 Å². The van der Waals surface area contributed by atoms with Gasteiger partial charge in [-0.25, -0.2) is 4.98 Å². The summed E-state index contributed by atoms with van der Waals surface area (Å²) in [6.45, 7) is 2.07. The number of nitrogens with zero attached hydrogens (tertiary/aromatic N) is 3. The molecule has 0 fully saturated rings. The van der Waals surface area contributed by atoms with E-state index in [0.717, 1.165) is 45.0 Å². The van der Waals surface area contributed by atoms with Crippen molar-refractivity contribution in [2.75, 3.05) is 20.8 Å². The standard InChI is InChI=1S/C25H23N3O3/c1-4-21-20-14-24(30-3)23(29-2)13-19(20)17(15-27-21)12-18-9-8-16-6-5-7-22(25(16)28-18)31-11-10-26/h5-9,13-15H,4,11-12H2,1-3H3. The van der Waals surface area contributed by atoms with Gasteiger partial charge >= 0.3 is 0 Å². The van der Waals surface area contributed by atoms with Crippen LogP contribution >= 0.6 is 0 Å². The summed E-state index contributed by atoms with van der Waals surface area (Å²) in [7, 11) is 3.27. The van der Waals surface area contributed by atoms with Crippen molar-refractivity contribution < 1.29 is 14.2 Å². The van der Waals surface area contributed by atoms with E-state index in [0.29, 0.717) is 23.7 Å². The first-order chi connectivity index (χ1) is 15.2. The Morgan fingerprint density at radius 1 is 0.968 bits per heavy atom. The molecule has 4 aromatic rings. The lowest BCUT2D eigenvalue weighted by molar-refractivity contribution is 0.356. The number of pyridine rings is 2. The highest BCUT2D eigenvalue weighted by Crippen LogP contribution is 2.35. The molecule has 6 nitrogen and oxygen atoms in total. The van der Waals surface area contributed by atoms with Gasteiger partial charge in [-0.3, -0.25) is 4.98 Å². The number of hydrogen-bond donors (Lipinski definition) is 0. The number of nitriles is 1. The van der Waals surface area contributed by atoms with Crippen LogP contribution in [-0.4, -0.2) is 30.8 Å². The largest absolute Gasteiger partial charge is 0.493 e. The molecule has 0 aliphatic carbocycles. The van der Waals surface area contributed by atoms with Crippen molar-refractivity contribution in [3.8, 4) is 23.3 Å². The first kappa shape index (κ1) is 20.4. The van der Waals surface area contributed by atoms with Crippen LogP contribution in [0.3, 0.4) is 0 Å². The average Bonchev–Trinajstić information content (AvgIpc) is 2.82. The highest BCUT2D eigenvalue weighted by molar-refractivity contribution is 5.91. The maximum Gasteiger partial charge on any atom is 0.174 e. The summed E-state index contributed by atoms with van der Waals surface area (Å²) in [5.74, 6) is 1.98. The normalized spacial score (nSPS) is 10.8. The van der Waals surface area contributed by atoms with E-state index in [-0.39, 0.29) is 6.61 Å². The second-order valence-electron chi connectivity index (χ2n) is 7.09. The second-order valence-corrected chi connectivity index (χ2v) is 7.09. The van der Waals surface area contributed by atoms with Gasteiger partial charge in [0.25, 0.3) is 0 Å². The van der Waals surface area contributed by atoms with Crippen molar-refractivity contribution in [3.05, 3.63) is 65.6 Å². The van der Waals surface area contributed by atoms with Crippen LogP contribution in [0.1, 0.15) is 23.9 Å². The molecule has 0 aliphatic rings. The zero-order chi connectivity index (χ0) is 21.8. The van der Waals surface area contributed by atoms with Crippen LogP contribution in [0.5, 0.6) is 17.2 Å². The second kappa shape index (κ2) is 8.88. The van der Waals surface area contributed by atoms with Crippen molar-refractivity contribution in [3.63, 3.8) is 0 Å². The Morgan fingerprint density at radius 2 is 1.74 bits per heavy atom. The molecule has 0 bridgehead atoms. The number of aryl methyl sites for hydroxylation is 1. The number of rotatable bonds is 7. The van der Waals surface area contributed by atoms with Crippen molar-refractivity contribution in [1.29, 1.82) is 5.26 Å². The quantitative estimate of drug-likeness (QED) is 0.431. The molecule has 0 saturated carbocycles. The molecule has 0 N–H and O–H groups in total. The zero-order valence-electron chi connectivity index (χ0n) is 17.8. The molecule has 0 amide bonds. The fourth-order valence-corrected chi connectivity index (χ4v) is 3.78. The van der Waals surface area contributed by atoms with Crippen LogP contribution in [0.4, 0.5) is 0 Å².